The Kier molecular flexibility index (Phi) is 5.44. The van der Waals surface area contributed by atoms with Crippen LogP contribution in [0.25, 0.3) is 11.1 Å². The minimum atomic E-state index is -2.84. The van der Waals surface area contributed by atoms with E-state index in [0.717, 1.165) is 22.2 Å². The van der Waals surface area contributed by atoms with Crippen LogP contribution in [0.3, 0.4) is 0 Å². The second-order valence-electron chi connectivity index (χ2n) is 7.31. The van der Waals surface area contributed by atoms with Gasteiger partial charge in [-0.05, 0) is 50.8 Å². The van der Waals surface area contributed by atoms with Gasteiger partial charge in [0.15, 0.2) is 0 Å². The zero-order valence-electron chi connectivity index (χ0n) is 15.8. The summed E-state index contributed by atoms with van der Waals surface area (Å²) in [5, 5.41) is 6.82. The number of hydrogen-bond donors (Lipinski definition) is 1. The van der Waals surface area contributed by atoms with E-state index < -0.39 is 17.9 Å². The van der Waals surface area contributed by atoms with Gasteiger partial charge in [0.2, 0.25) is 5.91 Å². The van der Waals surface area contributed by atoms with E-state index in [1.54, 1.807) is 10.7 Å². The van der Waals surface area contributed by atoms with E-state index in [0.29, 0.717) is 31.3 Å². The maximum absolute atomic E-state index is 14.0. The van der Waals surface area contributed by atoms with Crippen LogP contribution in [0.4, 0.5) is 8.78 Å². The number of nitrogens with zero attached hydrogens (tertiary/aromatic N) is 2. The van der Waals surface area contributed by atoms with Gasteiger partial charge in [-0.1, -0.05) is 24.6 Å². The zero-order chi connectivity index (χ0) is 19.6. The average Bonchev–Trinajstić information content (AvgIpc) is 3.06. The van der Waals surface area contributed by atoms with Crippen LogP contribution in [0, 0.1) is 0 Å². The Morgan fingerprint density at radius 1 is 1.37 bits per heavy atom. The van der Waals surface area contributed by atoms with Crippen molar-refractivity contribution in [3.8, 4) is 0 Å². The van der Waals surface area contributed by atoms with Crippen LogP contribution < -0.4 is 5.32 Å². The van der Waals surface area contributed by atoms with Gasteiger partial charge in [0.25, 0.3) is 5.92 Å². The lowest BCUT2D eigenvalue weighted by Gasteiger charge is -2.32. The van der Waals surface area contributed by atoms with Gasteiger partial charge in [-0.25, -0.2) is 13.3 Å². The fraction of sp³-hybridized carbons (Fsp3) is 0.429. The first kappa shape index (κ1) is 19.3. The highest BCUT2D eigenvalue weighted by Crippen LogP contribution is 2.33. The standard InChI is InChI=1S/C21H25F2N3O/c1-14(16(3)17-13-24-26-11-7-5-8-18(17)26)12-15(2)20(27)25-19-9-4-6-10-21(19,22)23/h5,7-8,11,13,19H,2,4,6,9-10,12H2,1,3H3,(H,25,27). The lowest BCUT2D eigenvalue weighted by Crippen LogP contribution is -2.49. The summed E-state index contributed by atoms with van der Waals surface area (Å²) in [6.07, 6.45) is 5.35. The SMILES string of the molecule is C=C(CC(C)=C(C)c1cnn2ccccc12)C(=O)NC1CCCCC1(F)F. The van der Waals surface area contributed by atoms with Gasteiger partial charge in [0.05, 0.1) is 17.8 Å². The molecule has 0 radical (unpaired) electrons. The van der Waals surface area contributed by atoms with Crippen molar-refractivity contribution in [1.82, 2.24) is 14.9 Å². The molecule has 0 saturated heterocycles. The minimum Gasteiger partial charge on any atom is -0.344 e. The predicted octanol–water partition coefficient (Wildman–Crippen LogP) is 4.77. The Hall–Kier alpha value is -2.50. The Morgan fingerprint density at radius 3 is 2.89 bits per heavy atom. The van der Waals surface area contributed by atoms with Crippen LogP contribution in [0.5, 0.6) is 0 Å². The van der Waals surface area contributed by atoms with Gasteiger partial charge in [-0.3, -0.25) is 4.79 Å². The van der Waals surface area contributed by atoms with E-state index in [4.69, 9.17) is 0 Å². The molecule has 1 atom stereocenters. The molecule has 2 heterocycles. The van der Waals surface area contributed by atoms with Crippen LogP contribution in [-0.2, 0) is 4.79 Å². The molecule has 0 aliphatic heterocycles. The number of rotatable bonds is 5. The number of carbonyl (C=O) groups excluding carboxylic acids is 1. The molecule has 3 rings (SSSR count). The van der Waals surface area contributed by atoms with E-state index in [9.17, 15) is 13.6 Å². The van der Waals surface area contributed by atoms with Crippen LogP contribution in [-0.4, -0.2) is 27.5 Å². The molecular weight excluding hydrogens is 348 g/mol. The van der Waals surface area contributed by atoms with Crippen LogP contribution >= 0.6 is 0 Å². The van der Waals surface area contributed by atoms with Gasteiger partial charge < -0.3 is 5.32 Å². The van der Waals surface area contributed by atoms with Gasteiger partial charge in [-0.2, -0.15) is 5.10 Å². The molecule has 2 aromatic rings. The third-order valence-corrected chi connectivity index (χ3v) is 5.34. The Morgan fingerprint density at radius 2 is 2.15 bits per heavy atom. The van der Waals surface area contributed by atoms with Gasteiger partial charge in [-0.15, -0.1) is 0 Å². The highest BCUT2D eigenvalue weighted by Gasteiger charge is 2.42. The predicted molar refractivity (Wildman–Crippen MR) is 103 cm³/mol. The smallest absolute Gasteiger partial charge is 0.267 e. The van der Waals surface area contributed by atoms with Crippen LogP contribution in [0.1, 0.15) is 51.5 Å². The summed E-state index contributed by atoms with van der Waals surface area (Å²) in [5.41, 5.74) is 4.23. The number of carbonyl (C=O) groups is 1. The molecule has 1 N–H and O–H groups in total. The first-order valence-electron chi connectivity index (χ1n) is 9.25. The highest BCUT2D eigenvalue weighted by molar-refractivity contribution is 5.94. The van der Waals surface area contributed by atoms with Crippen LogP contribution in [0.2, 0.25) is 0 Å². The van der Waals surface area contributed by atoms with Crippen molar-refractivity contribution >= 4 is 17.0 Å². The van der Waals surface area contributed by atoms with E-state index in [2.05, 4.69) is 17.0 Å². The molecule has 0 spiro atoms. The molecular formula is C21H25F2N3O. The number of allylic oxidation sites excluding steroid dienone is 2. The number of aromatic nitrogens is 2. The molecule has 144 valence electrons. The molecule has 6 heteroatoms. The van der Waals surface area contributed by atoms with Crippen molar-refractivity contribution in [3.63, 3.8) is 0 Å². The maximum Gasteiger partial charge on any atom is 0.267 e. The lowest BCUT2D eigenvalue weighted by atomic mass is 9.91. The number of pyridine rings is 1. The minimum absolute atomic E-state index is 0.169. The molecule has 2 aromatic heterocycles. The normalized spacial score (nSPS) is 20.2. The summed E-state index contributed by atoms with van der Waals surface area (Å²) < 4.78 is 29.7. The molecule has 1 aliphatic rings. The van der Waals surface area contributed by atoms with Crippen molar-refractivity contribution in [2.24, 2.45) is 0 Å². The highest BCUT2D eigenvalue weighted by atomic mass is 19.3. The first-order valence-corrected chi connectivity index (χ1v) is 9.25. The van der Waals surface area contributed by atoms with E-state index in [1.165, 1.54) is 0 Å². The van der Waals surface area contributed by atoms with Gasteiger partial charge in [0.1, 0.15) is 0 Å². The summed E-state index contributed by atoms with van der Waals surface area (Å²) in [6.45, 7) is 7.72. The summed E-state index contributed by atoms with van der Waals surface area (Å²) >= 11 is 0. The van der Waals surface area contributed by atoms with Crippen LogP contribution in [0.15, 0.2) is 48.3 Å². The fourth-order valence-corrected chi connectivity index (χ4v) is 3.52. The zero-order valence-corrected chi connectivity index (χ0v) is 15.8. The molecule has 1 amide bonds. The Labute approximate surface area is 158 Å². The second kappa shape index (κ2) is 7.62. The van der Waals surface area contributed by atoms with Crippen molar-refractivity contribution in [2.75, 3.05) is 0 Å². The first-order chi connectivity index (χ1) is 12.8. The maximum atomic E-state index is 14.0. The van der Waals surface area contributed by atoms with Gasteiger partial charge in [0, 0.05) is 23.8 Å². The molecule has 1 saturated carbocycles. The molecule has 0 bridgehead atoms. The summed E-state index contributed by atoms with van der Waals surface area (Å²) in [6, 6.07) is 4.73. The summed E-state index contributed by atoms with van der Waals surface area (Å²) in [5.74, 6) is -3.33. The largest absolute Gasteiger partial charge is 0.344 e. The molecule has 1 unspecified atom stereocenters. The number of hydrogen-bond acceptors (Lipinski definition) is 2. The number of fused-ring (bicyclic) bond motifs is 1. The lowest BCUT2D eigenvalue weighted by molar-refractivity contribution is -0.124. The van der Waals surface area contributed by atoms with Crippen molar-refractivity contribution in [3.05, 3.63) is 53.9 Å². The molecule has 27 heavy (non-hydrogen) atoms. The number of nitrogens with one attached hydrogen (secondary N) is 1. The third-order valence-electron chi connectivity index (χ3n) is 5.34. The monoisotopic (exact) mass is 373 g/mol. The van der Waals surface area contributed by atoms with Gasteiger partial charge >= 0.3 is 0 Å². The fourth-order valence-electron chi connectivity index (χ4n) is 3.52. The van der Waals surface area contributed by atoms with E-state index >= 15 is 0 Å². The Bertz CT molecular complexity index is 898. The average molecular weight is 373 g/mol. The molecule has 0 aromatic carbocycles. The van der Waals surface area contributed by atoms with E-state index in [1.807, 2.05) is 38.2 Å². The Balaban J connectivity index is 1.70. The van der Waals surface area contributed by atoms with E-state index in [-0.39, 0.29) is 6.42 Å². The summed E-state index contributed by atoms with van der Waals surface area (Å²) in [4.78, 5) is 12.4. The number of halogens is 2. The quantitative estimate of drug-likeness (QED) is 0.768. The van der Waals surface area contributed by atoms with Crippen molar-refractivity contribution in [2.45, 2.75) is 57.9 Å². The third kappa shape index (κ3) is 4.10. The summed E-state index contributed by atoms with van der Waals surface area (Å²) in [7, 11) is 0. The second-order valence-corrected chi connectivity index (χ2v) is 7.31. The molecule has 4 nitrogen and oxygen atoms in total. The molecule has 1 aliphatic carbocycles. The number of amides is 1. The molecule has 1 fully saturated rings. The van der Waals surface area contributed by atoms with Crippen molar-refractivity contribution in [1.29, 1.82) is 0 Å². The topological polar surface area (TPSA) is 46.4 Å². The number of alkyl halides is 2. The van der Waals surface area contributed by atoms with Crippen molar-refractivity contribution < 1.29 is 13.6 Å².